The topological polar surface area (TPSA) is 62.3 Å². The van der Waals surface area contributed by atoms with Gasteiger partial charge in [0.15, 0.2) is 0 Å². The van der Waals surface area contributed by atoms with Crippen LogP contribution in [0.25, 0.3) is 0 Å². The van der Waals surface area contributed by atoms with E-state index in [2.05, 4.69) is 10.3 Å². The Morgan fingerprint density at radius 1 is 1.47 bits per heavy atom. The van der Waals surface area contributed by atoms with Gasteiger partial charge >= 0.3 is 0 Å². The van der Waals surface area contributed by atoms with Crippen molar-refractivity contribution in [2.24, 2.45) is 0 Å². The predicted octanol–water partition coefficient (Wildman–Crippen LogP) is 0.432. The van der Waals surface area contributed by atoms with Crippen LogP contribution in [0.1, 0.15) is 23.2 Å². The Morgan fingerprint density at radius 3 is 2.82 bits per heavy atom. The maximum Gasteiger partial charge on any atom is 0.251 e. The summed E-state index contributed by atoms with van der Waals surface area (Å²) < 4.78 is 0. The third-order valence-corrected chi connectivity index (χ3v) is 2.90. The number of nitrogens with one attached hydrogen (secondary N) is 1. The van der Waals surface area contributed by atoms with Gasteiger partial charge in [0.2, 0.25) is 5.91 Å². The van der Waals surface area contributed by atoms with Gasteiger partial charge in [-0.05, 0) is 18.6 Å². The molecule has 1 N–H and O–H groups in total. The molecule has 1 fully saturated rings. The van der Waals surface area contributed by atoms with Crippen LogP contribution >= 0.6 is 0 Å². The molecule has 2 rings (SSSR count). The summed E-state index contributed by atoms with van der Waals surface area (Å²) in [7, 11) is 1.76. The molecule has 17 heavy (non-hydrogen) atoms. The van der Waals surface area contributed by atoms with E-state index in [0.29, 0.717) is 24.9 Å². The van der Waals surface area contributed by atoms with Crippen molar-refractivity contribution in [1.82, 2.24) is 15.2 Å². The molecule has 0 bridgehead atoms. The van der Waals surface area contributed by atoms with E-state index >= 15 is 0 Å². The third-order valence-electron chi connectivity index (χ3n) is 2.90. The van der Waals surface area contributed by atoms with Gasteiger partial charge in [0, 0.05) is 44.0 Å². The summed E-state index contributed by atoms with van der Waals surface area (Å²) in [6.07, 6.45) is 4.38. The molecule has 0 aromatic carbocycles. The number of carbonyl (C=O) groups is 2. The lowest BCUT2D eigenvalue weighted by molar-refractivity contribution is -0.132. The minimum Gasteiger partial charge on any atom is -0.348 e. The van der Waals surface area contributed by atoms with Gasteiger partial charge in [-0.3, -0.25) is 14.6 Å². The van der Waals surface area contributed by atoms with E-state index in [-0.39, 0.29) is 17.9 Å². The lowest BCUT2D eigenvalue weighted by atomic mass is 10.1. The average molecular weight is 233 g/mol. The zero-order valence-corrected chi connectivity index (χ0v) is 9.72. The van der Waals surface area contributed by atoms with Crippen LogP contribution in [-0.4, -0.2) is 41.3 Å². The largest absolute Gasteiger partial charge is 0.348 e. The van der Waals surface area contributed by atoms with Crippen molar-refractivity contribution < 1.29 is 9.59 Å². The van der Waals surface area contributed by atoms with Crippen LogP contribution in [0.15, 0.2) is 24.5 Å². The number of hydrogen-bond donors (Lipinski definition) is 1. The second-order valence-corrected chi connectivity index (χ2v) is 4.22. The fourth-order valence-electron chi connectivity index (χ4n) is 1.90. The molecule has 2 amide bonds. The molecule has 2 heterocycles. The smallest absolute Gasteiger partial charge is 0.251 e. The molecule has 0 radical (unpaired) electrons. The second kappa shape index (κ2) is 4.95. The van der Waals surface area contributed by atoms with Crippen molar-refractivity contribution in [3.63, 3.8) is 0 Å². The Labute approximate surface area is 99.8 Å². The molecule has 1 aliphatic rings. The van der Waals surface area contributed by atoms with E-state index in [9.17, 15) is 9.59 Å². The summed E-state index contributed by atoms with van der Waals surface area (Å²) >= 11 is 0. The van der Waals surface area contributed by atoms with E-state index < -0.39 is 0 Å². The van der Waals surface area contributed by atoms with Gasteiger partial charge in [0.05, 0.1) is 0 Å². The molecule has 0 saturated carbocycles. The first kappa shape index (κ1) is 11.6. The lowest BCUT2D eigenvalue weighted by Crippen LogP contribution is -2.48. The van der Waals surface area contributed by atoms with Gasteiger partial charge in [-0.2, -0.15) is 0 Å². The molecule has 90 valence electrons. The highest BCUT2D eigenvalue weighted by molar-refractivity contribution is 5.94. The van der Waals surface area contributed by atoms with Gasteiger partial charge in [-0.15, -0.1) is 0 Å². The van der Waals surface area contributed by atoms with Crippen molar-refractivity contribution in [2.45, 2.75) is 18.9 Å². The first-order valence-electron chi connectivity index (χ1n) is 5.61. The van der Waals surface area contributed by atoms with Crippen LogP contribution in [0.2, 0.25) is 0 Å². The minimum atomic E-state index is -0.111. The van der Waals surface area contributed by atoms with Crippen molar-refractivity contribution in [3.05, 3.63) is 30.1 Å². The van der Waals surface area contributed by atoms with Crippen LogP contribution in [0, 0.1) is 0 Å². The van der Waals surface area contributed by atoms with Crippen LogP contribution in [0.5, 0.6) is 0 Å². The lowest BCUT2D eigenvalue weighted by Gasteiger charge is -2.30. The zero-order chi connectivity index (χ0) is 12.3. The predicted molar refractivity (Wildman–Crippen MR) is 62.4 cm³/mol. The summed E-state index contributed by atoms with van der Waals surface area (Å²) in [6.45, 7) is 0.579. The Hall–Kier alpha value is -1.91. The van der Waals surface area contributed by atoms with Crippen LogP contribution < -0.4 is 5.32 Å². The SMILES string of the molecule is CN1CC(NC(=O)c2ccncc2)CCC1=O. The normalized spacial score (nSPS) is 20.2. The molecule has 1 aromatic heterocycles. The number of piperidine rings is 1. The number of pyridine rings is 1. The molecular formula is C12H15N3O2. The van der Waals surface area contributed by atoms with Crippen molar-refractivity contribution >= 4 is 11.8 Å². The molecule has 5 heteroatoms. The summed E-state index contributed by atoms with van der Waals surface area (Å²) in [5.74, 6) is 0.0274. The monoisotopic (exact) mass is 233 g/mol. The minimum absolute atomic E-state index is 0.0402. The Bertz CT molecular complexity index is 419. The quantitative estimate of drug-likeness (QED) is 0.806. The summed E-state index contributed by atoms with van der Waals surface area (Å²) in [5, 5.41) is 2.93. The van der Waals surface area contributed by atoms with Gasteiger partial charge < -0.3 is 10.2 Å². The highest BCUT2D eigenvalue weighted by atomic mass is 16.2. The Morgan fingerprint density at radius 2 is 2.18 bits per heavy atom. The van der Waals surface area contributed by atoms with E-state index in [0.717, 1.165) is 0 Å². The highest BCUT2D eigenvalue weighted by Crippen LogP contribution is 2.10. The van der Waals surface area contributed by atoms with Crippen molar-refractivity contribution in [2.75, 3.05) is 13.6 Å². The molecule has 1 aliphatic heterocycles. The molecule has 0 spiro atoms. The number of hydrogen-bond acceptors (Lipinski definition) is 3. The Kier molecular flexibility index (Phi) is 3.37. The molecule has 1 aromatic rings. The third kappa shape index (κ3) is 2.81. The summed E-state index contributed by atoms with van der Waals surface area (Å²) in [4.78, 5) is 28.7. The van der Waals surface area contributed by atoms with Gasteiger partial charge in [-0.1, -0.05) is 0 Å². The van der Waals surface area contributed by atoms with E-state index in [4.69, 9.17) is 0 Å². The number of rotatable bonds is 2. The first-order chi connectivity index (χ1) is 8.16. The summed E-state index contributed by atoms with van der Waals surface area (Å²) in [6, 6.07) is 3.39. The van der Waals surface area contributed by atoms with Crippen LogP contribution in [0.3, 0.4) is 0 Å². The van der Waals surface area contributed by atoms with Crippen molar-refractivity contribution in [3.8, 4) is 0 Å². The molecule has 1 saturated heterocycles. The number of nitrogens with zero attached hydrogens (tertiary/aromatic N) is 2. The number of carbonyl (C=O) groups excluding carboxylic acids is 2. The maximum atomic E-state index is 11.9. The number of likely N-dealkylation sites (tertiary alicyclic amines) is 1. The highest BCUT2D eigenvalue weighted by Gasteiger charge is 2.24. The molecule has 1 unspecified atom stereocenters. The number of aromatic nitrogens is 1. The van der Waals surface area contributed by atoms with Gasteiger partial charge in [0.25, 0.3) is 5.91 Å². The molecular weight excluding hydrogens is 218 g/mol. The fraction of sp³-hybridized carbons (Fsp3) is 0.417. The molecule has 1 atom stereocenters. The Balaban J connectivity index is 1.94. The van der Waals surface area contributed by atoms with E-state index in [1.165, 1.54) is 0 Å². The second-order valence-electron chi connectivity index (χ2n) is 4.22. The summed E-state index contributed by atoms with van der Waals surface area (Å²) in [5.41, 5.74) is 0.597. The molecule has 0 aliphatic carbocycles. The van der Waals surface area contributed by atoms with Crippen LogP contribution in [0.4, 0.5) is 0 Å². The number of likely N-dealkylation sites (N-methyl/N-ethyl adjacent to an activating group) is 1. The zero-order valence-electron chi connectivity index (χ0n) is 9.72. The first-order valence-corrected chi connectivity index (χ1v) is 5.61. The van der Waals surface area contributed by atoms with Gasteiger partial charge in [0.1, 0.15) is 0 Å². The standard InChI is InChI=1S/C12H15N3O2/c1-15-8-10(2-3-11(15)16)14-12(17)9-4-6-13-7-5-9/h4-7,10H,2-3,8H2,1H3,(H,14,17). The van der Waals surface area contributed by atoms with E-state index in [1.807, 2.05) is 0 Å². The van der Waals surface area contributed by atoms with Crippen LogP contribution in [-0.2, 0) is 4.79 Å². The number of amides is 2. The maximum absolute atomic E-state index is 11.9. The average Bonchev–Trinajstić information content (AvgIpc) is 2.35. The van der Waals surface area contributed by atoms with Crippen molar-refractivity contribution in [1.29, 1.82) is 0 Å². The van der Waals surface area contributed by atoms with Gasteiger partial charge in [-0.25, -0.2) is 0 Å². The fourth-order valence-corrected chi connectivity index (χ4v) is 1.90. The molecule has 5 nitrogen and oxygen atoms in total. The van der Waals surface area contributed by atoms with E-state index in [1.54, 1.807) is 36.5 Å².